The average molecular weight is 592 g/mol. The first-order valence-corrected chi connectivity index (χ1v) is 16.4. The fraction of sp³-hybridized carbons (Fsp3) is 0.140. The molecular weight excluding hydrogens is 558 g/mol. The number of para-hydroxylation sites is 1. The van der Waals surface area contributed by atoms with E-state index in [0.29, 0.717) is 5.56 Å². The molecule has 0 spiro atoms. The molecule has 3 nitrogen and oxygen atoms in total. The van der Waals surface area contributed by atoms with Gasteiger partial charge in [0.2, 0.25) is 0 Å². The summed E-state index contributed by atoms with van der Waals surface area (Å²) < 4.78 is 4.89. The Balaban J connectivity index is 1.14. The van der Waals surface area contributed by atoms with Gasteiger partial charge >= 0.3 is 0 Å². The summed E-state index contributed by atoms with van der Waals surface area (Å²) in [5, 5.41) is 11.2. The lowest BCUT2D eigenvalue weighted by Crippen LogP contribution is -2.07. The molecule has 6 aromatic rings. The van der Waals surface area contributed by atoms with Crippen molar-refractivity contribution in [1.29, 1.82) is 5.26 Å². The molecule has 0 N–H and O–H groups in total. The number of nitriles is 1. The minimum atomic E-state index is 0.683. The van der Waals surface area contributed by atoms with E-state index in [2.05, 4.69) is 137 Å². The van der Waals surface area contributed by atoms with Gasteiger partial charge in [-0.25, -0.2) is 0 Å². The number of allylic oxidation sites excluding steroid dienone is 3. The van der Waals surface area contributed by atoms with Gasteiger partial charge < -0.3 is 9.13 Å². The van der Waals surface area contributed by atoms with Crippen molar-refractivity contribution in [2.45, 2.75) is 38.5 Å². The van der Waals surface area contributed by atoms with Gasteiger partial charge in [-0.1, -0.05) is 85.0 Å². The molecule has 0 unspecified atom stereocenters. The number of hydrogen-bond acceptors (Lipinski definition) is 1. The molecule has 0 amide bonds. The maximum Gasteiger partial charge on any atom is 0.0992 e. The number of hydrogen-bond donors (Lipinski definition) is 0. The number of fused-ring (bicyclic) bond motifs is 6. The lowest BCUT2D eigenvalue weighted by atomic mass is 9.96. The summed E-state index contributed by atoms with van der Waals surface area (Å²) in [4.78, 5) is 0. The zero-order chi connectivity index (χ0) is 30.6. The highest BCUT2D eigenvalue weighted by molar-refractivity contribution is 5.93. The molecule has 0 bridgehead atoms. The van der Waals surface area contributed by atoms with E-state index < -0.39 is 0 Å². The van der Waals surface area contributed by atoms with Crippen LogP contribution in [0.3, 0.4) is 0 Å². The van der Waals surface area contributed by atoms with Crippen LogP contribution in [-0.4, -0.2) is 9.13 Å². The van der Waals surface area contributed by atoms with E-state index in [1.54, 1.807) is 0 Å². The molecule has 0 saturated carbocycles. The van der Waals surface area contributed by atoms with Gasteiger partial charge in [-0.2, -0.15) is 5.26 Å². The topological polar surface area (TPSA) is 33.6 Å². The van der Waals surface area contributed by atoms with Crippen molar-refractivity contribution in [2.24, 2.45) is 0 Å². The normalized spacial score (nSPS) is 14.6. The van der Waals surface area contributed by atoms with Crippen LogP contribution in [0, 0.1) is 11.3 Å². The molecule has 3 aliphatic carbocycles. The summed E-state index contributed by atoms with van der Waals surface area (Å²) in [6.07, 6.45) is 20.1. The van der Waals surface area contributed by atoms with Crippen LogP contribution in [0.25, 0.3) is 62.8 Å². The Hall–Kier alpha value is -5.59. The monoisotopic (exact) mass is 591 g/mol. The van der Waals surface area contributed by atoms with Crippen LogP contribution in [-0.2, 0) is 19.3 Å². The number of aromatic nitrogens is 2. The molecule has 0 saturated heterocycles. The molecule has 0 atom stereocenters. The lowest BCUT2D eigenvalue weighted by Gasteiger charge is -2.19. The Morgan fingerprint density at radius 3 is 2.17 bits per heavy atom. The molecule has 4 aromatic carbocycles. The molecule has 0 radical (unpaired) electrons. The molecule has 2 heterocycles. The summed E-state index contributed by atoms with van der Waals surface area (Å²) in [6, 6.07) is 35.2. The van der Waals surface area contributed by atoms with Crippen molar-refractivity contribution >= 4 is 29.1 Å². The van der Waals surface area contributed by atoms with Crippen molar-refractivity contribution in [1.82, 2.24) is 9.13 Å². The third-order valence-corrected chi connectivity index (χ3v) is 9.97. The van der Waals surface area contributed by atoms with Crippen molar-refractivity contribution in [3.8, 4) is 39.7 Å². The predicted molar refractivity (Wildman–Crippen MR) is 190 cm³/mol. The fourth-order valence-corrected chi connectivity index (χ4v) is 7.88. The van der Waals surface area contributed by atoms with Gasteiger partial charge in [-0.05, 0) is 109 Å². The van der Waals surface area contributed by atoms with Crippen molar-refractivity contribution in [2.75, 3.05) is 0 Å². The van der Waals surface area contributed by atoms with Crippen LogP contribution < -0.4 is 0 Å². The van der Waals surface area contributed by atoms with E-state index in [9.17, 15) is 5.26 Å². The van der Waals surface area contributed by atoms with Crippen LogP contribution in [0.5, 0.6) is 0 Å². The fourth-order valence-electron chi connectivity index (χ4n) is 7.88. The summed E-state index contributed by atoms with van der Waals surface area (Å²) >= 11 is 0. The van der Waals surface area contributed by atoms with E-state index in [1.807, 2.05) is 6.07 Å². The average Bonchev–Trinajstić information content (AvgIpc) is 3.65. The first kappa shape index (κ1) is 26.8. The third kappa shape index (κ3) is 4.18. The zero-order valence-corrected chi connectivity index (χ0v) is 25.7. The molecule has 0 aliphatic heterocycles. The van der Waals surface area contributed by atoms with Crippen LogP contribution in [0.1, 0.15) is 58.6 Å². The van der Waals surface area contributed by atoms with Crippen LogP contribution in [0.15, 0.2) is 109 Å². The van der Waals surface area contributed by atoms with Gasteiger partial charge in [0.05, 0.1) is 22.8 Å². The SMILES string of the molecule is N#Cc1ccc(-c2cccc(-c3ccc(-n4c5c(c6ccccc64)C=CCC5)cc3)c2)c(-n2c3c(c4c2CCC=C4)CCC=C3)c1. The van der Waals surface area contributed by atoms with Crippen LogP contribution in [0.2, 0.25) is 0 Å². The second-order valence-corrected chi connectivity index (χ2v) is 12.6. The minimum absolute atomic E-state index is 0.683. The van der Waals surface area contributed by atoms with Crippen molar-refractivity contribution in [3.63, 3.8) is 0 Å². The Morgan fingerprint density at radius 2 is 1.33 bits per heavy atom. The van der Waals surface area contributed by atoms with Gasteiger partial charge in [0.25, 0.3) is 0 Å². The van der Waals surface area contributed by atoms with Gasteiger partial charge in [0.15, 0.2) is 0 Å². The number of nitrogens with zero attached hydrogens (tertiary/aromatic N) is 3. The van der Waals surface area contributed by atoms with Crippen molar-refractivity contribution < 1.29 is 0 Å². The third-order valence-electron chi connectivity index (χ3n) is 9.97. The Bertz CT molecular complexity index is 2310. The first-order chi connectivity index (χ1) is 22.8. The second-order valence-electron chi connectivity index (χ2n) is 12.6. The summed E-state index contributed by atoms with van der Waals surface area (Å²) in [5.41, 5.74) is 17.1. The maximum absolute atomic E-state index is 9.92. The highest BCUT2D eigenvalue weighted by atomic mass is 15.0. The van der Waals surface area contributed by atoms with Gasteiger partial charge in [-0.3, -0.25) is 0 Å². The number of benzene rings is 4. The quantitative estimate of drug-likeness (QED) is 0.201. The summed E-state index contributed by atoms with van der Waals surface area (Å²) in [6.45, 7) is 0. The first-order valence-electron chi connectivity index (χ1n) is 16.4. The molecular formula is C43H33N3. The highest BCUT2D eigenvalue weighted by Crippen LogP contribution is 2.40. The Kier molecular flexibility index (Phi) is 6.28. The molecule has 3 aliphatic rings. The summed E-state index contributed by atoms with van der Waals surface area (Å²) in [7, 11) is 0. The standard InChI is InChI=1S/C43H33N3/c44-28-29-20-25-34(43(26-29)46-41-18-7-3-14-37(41)38-15-4-8-19-42(38)46)32-11-9-10-31(27-32)30-21-23-33(24-22-30)45-39-16-5-1-12-35(39)36-13-2-6-17-40(36)45/h1-3,5,8-14,16,19-27H,4,6-7,15,17-18H2. The maximum atomic E-state index is 9.92. The van der Waals surface area contributed by atoms with E-state index in [0.717, 1.165) is 55.3 Å². The predicted octanol–water partition coefficient (Wildman–Crippen LogP) is 10.5. The highest BCUT2D eigenvalue weighted by Gasteiger charge is 2.25. The molecule has 2 aromatic heterocycles. The Labute approximate surface area is 269 Å². The van der Waals surface area contributed by atoms with E-state index in [-0.39, 0.29) is 0 Å². The van der Waals surface area contributed by atoms with Crippen molar-refractivity contribution in [3.05, 3.63) is 149 Å². The smallest absolute Gasteiger partial charge is 0.0992 e. The van der Waals surface area contributed by atoms with Gasteiger partial charge in [0.1, 0.15) is 0 Å². The zero-order valence-electron chi connectivity index (χ0n) is 25.7. The van der Waals surface area contributed by atoms with E-state index in [4.69, 9.17) is 0 Å². The van der Waals surface area contributed by atoms with Crippen LogP contribution in [0.4, 0.5) is 0 Å². The minimum Gasteiger partial charge on any atom is -0.313 e. The molecule has 46 heavy (non-hydrogen) atoms. The van der Waals surface area contributed by atoms with Gasteiger partial charge in [0, 0.05) is 39.3 Å². The van der Waals surface area contributed by atoms with Crippen LogP contribution >= 0.6 is 0 Å². The lowest BCUT2D eigenvalue weighted by molar-refractivity contribution is 0.868. The second kappa shape index (κ2) is 10.8. The van der Waals surface area contributed by atoms with E-state index >= 15 is 0 Å². The summed E-state index contributed by atoms with van der Waals surface area (Å²) in [5.74, 6) is 0. The molecule has 0 fully saturated rings. The molecule has 3 heteroatoms. The van der Waals surface area contributed by atoms with Gasteiger partial charge in [-0.15, -0.1) is 0 Å². The molecule has 220 valence electrons. The largest absolute Gasteiger partial charge is 0.313 e. The number of rotatable bonds is 4. The van der Waals surface area contributed by atoms with E-state index in [1.165, 1.54) is 61.5 Å². The molecule has 9 rings (SSSR count). The Morgan fingerprint density at radius 1 is 0.587 bits per heavy atom.